The molecular weight excluding hydrogens is 260 g/mol. The number of hydrogen-bond acceptors (Lipinski definition) is 3. The summed E-state index contributed by atoms with van der Waals surface area (Å²) < 4.78 is 5.53. The van der Waals surface area contributed by atoms with Gasteiger partial charge in [0, 0.05) is 24.2 Å². The van der Waals surface area contributed by atoms with Gasteiger partial charge in [0.15, 0.2) is 0 Å². The minimum atomic E-state index is 0.368. The lowest BCUT2D eigenvalue weighted by atomic mass is 10.0. The Morgan fingerprint density at radius 3 is 2.38 bits per heavy atom. The fourth-order valence-electron chi connectivity index (χ4n) is 2.54. The quantitative estimate of drug-likeness (QED) is 0.788. The van der Waals surface area contributed by atoms with Crippen molar-refractivity contribution in [1.29, 1.82) is 0 Å². The third kappa shape index (κ3) is 5.01. The molecule has 3 nitrogen and oxygen atoms in total. The maximum atomic E-state index is 5.53. The maximum Gasteiger partial charge on any atom is 0.123 e. The molecular formula is C18H32N2O. The Hall–Kier alpha value is -1.06. The van der Waals surface area contributed by atoms with Gasteiger partial charge in [0.05, 0.1) is 7.11 Å². The molecule has 1 aromatic rings. The van der Waals surface area contributed by atoms with Crippen molar-refractivity contribution in [2.45, 2.75) is 53.2 Å². The Morgan fingerprint density at radius 2 is 1.86 bits per heavy atom. The first-order valence-corrected chi connectivity index (χ1v) is 8.01. The molecule has 2 atom stereocenters. The van der Waals surface area contributed by atoms with Gasteiger partial charge in [-0.3, -0.25) is 4.90 Å². The van der Waals surface area contributed by atoms with E-state index in [1.807, 2.05) is 0 Å². The Bertz CT molecular complexity index is 431. The normalized spacial score (nSPS) is 14.5. The highest BCUT2D eigenvalue weighted by atomic mass is 16.5. The summed E-state index contributed by atoms with van der Waals surface area (Å²) >= 11 is 0. The molecule has 0 saturated heterocycles. The third-order valence-electron chi connectivity index (χ3n) is 4.39. The fraction of sp³-hybridized carbons (Fsp3) is 0.667. The zero-order valence-corrected chi connectivity index (χ0v) is 14.7. The van der Waals surface area contributed by atoms with E-state index in [-0.39, 0.29) is 0 Å². The van der Waals surface area contributed by atoms with Gasteiger partial charge in [-0.05, 0) is 51.1 Å². The van der Waals surface area contributed by atoms with Gasteiger partial charge in [0.2, 0.25) is 0 Å². The topological polar surface area (TPSA) is 24.5 Å². The van der Waals surface area contributed by atoms with E-state index in [2.05, 4.69) is 70.1 Å². The molecule has 3 heteroatoms. The van der Waals surface area contributed by atoms with E-state index in [0.717, 1.165) is 18.8 Å². The first kappa shape index (κ1) is 18.0. The molecule has 2 unspecified atom stereocenters. The largest absolute Gasteiger partial charge is 0.496 e. The number of methoxy groups -OCH3 is 1. The first-order chi connectivity index (χ1) is 9.90. The van der Waals surface area contributed by atoms with Gasteiger partial charge >= 0.3 is 0 Å². The van der Waals surface area contributed by atoms with Crippen LogP contribution < -0.4 is 10.1 Å². The average molecular weight is 292 g/mol. The zero-order valence-electron chi connectivity index (χ0n) is 14.7. The summed E-state index contributed by atoms with van der Waals surface area (Å²) in [5.74, 6) is 1.62. The van der Waals surface area contributed by atoms with Gasteiger partial charge in [0.1, 0.15) is 5.75 Å². The lowest BCUT2D eigenvalue weighted by Gasteiger charge is -2.28. The predicted octanol–water partition coefficient (Wildman–Crippen LogP) is 3.84. The summed E-state index contributed by atoms with van der Waals surface area (Å²) in [4.78, 5) is 2.39. The van der Waals surface area contributed by atoms with Crippen LogP contribution in [-0.2, 0) is 6.54 Å². The van der Waals surface area contributed by atoms with Crippen molar-refractivity contribution in [2.75, 3.05) is 20.7 Å². The molecule has 0 heterocycles. The summed E-state index contributed by atoms with van der Waals surface area (Å²) in [5, 5.41) is 3.47. The highest BCUT2D eigenvalue weighted by Crippen LogP contribution is 2.25. The van der Waals surface area contributed by atoms with E-state index in [1.165, 1.54) is 11.1 Å². The van der Waals surface area contributed by atoms with Gasteiger partial charge in [-0.2, -0.15) is 0 Å². The van der Waals surface area contributed by atoms with Crippen LogP contribution in [0.5, 0.6) is 5.75 Å². The van der Waals surface area contributed by atoms with Crippen LogP contribution in [0.25, 0.3) is 0 Å². The van der Waals surface area contributed by atoms with E-state index >= 15 is 0 Å². The standard InChI is InChI=1S/C18H32N2O/c1-8-19-14(4)16-9-10-18(21-7)17(11-16)12-20(6)15(5)13(2)3/h9-11,13-15,19H,8,12H2,1-7H3. The lowest BCUT2D eigenvalue weighted by Crippen LogP contribution is -2.32. The van der Waals surface area contributed by atoms with Crippen LogP contribution in [0.1, 0.15) is 51.8 Å². The first-order valence-electron chi connectivity index (χ1n) is 8.01. The van der Waals surface area contributed by atoms with Crippen LogP contribution in [0.15, 0.2) is 18.2 Å². The van der Waals surface area contributed by atoms with Crippen LogP contribution in [0, 0.1) is 5.92 Å². The zero-order chi connectivity index (χ0) is 16.0. The Labute approximate surface area is 130 Å². The number of nitrogens with zero attached hydrogens (tertiary/aromatic N) is 1. The van der Waals surface area contributed by atoms with Gasteiger partial charge in [-0.1, -0.05) is 26.8 Å². The number of ether oxygens (including phenoxy) is 1. The molecule has 1 rings (SSSR count). The molecule has 1 N–H and O–H groups in total. The highest BCUT2D eigenvalue weighted by Gasteiger charge is 2.16. The summed E-state index contributed by atoms with van der Waals surface area (Å²) in [7, 11) is 3.93. The molecule has 0 fully saturated rings. The van der Waals surface area contributed by atoms with Crippen molar-refractivity contribution in [3.05, 3.63) is 29.3 Å². The van der Waals surface area contributed by atoms with E-state index < -0.39 is 0 Å². The number of nitrogens with one attached hydrogen (secondary N) is 1. The molecule has 0 amide bonds. The molecule has 0 aliphatic carbocycles. The van der Waals surface area contributed by atoms with Crippen LogP contribution in [0.3, 0.4) is 0 Å². The maximum absolute atomic E-state index is 5.53. The van der Waals surface area contributed by atoms with Gasteiger partial charge in [-0.15, -0.1) is 0 Å². The second-order valence-corrected chi connectivity index (χ2v) is 6.25. The van der Waals surface area contributed by atoms with Gasteiger partial charge < -0.3 is 10.1 Å². The molecule has 0 aromatic heterocycles. The van der Waals surface area contributed by atoms with Crippen molar-refractivity contribution >= 4 is 0 Å². The van der Waals surface area contributed by atoms with Crippen LogP contribution >= 0.6 is 0 Å². The second kappa shape index (κ2) is 8.40. The smallest absolute Gasteiger partial charge is 0.123 e. The Balaban J connectivity index is 2.95. The summed E-state index contributed by atoms with van der Waals surface area (Å²) in [6.45, 7) is 13.0. The fourth-order valence-corrected chi connectivity index (χ4v) is 2.54. The van der Waals surface area contributed by atoms with E-state index in [9.17, 15) is 0 Å². The molecule has 0 spiro atoms. The summed E-state index contributed by atoms with van der Waals surface area (Å²) in [6.07, 6.45) is 0. The summed E-state index contributed by atoms with van der Waals surface area (Å²) in [6, 6.07) is 7.43. The van der Waals surface area contributed by atoms with Crippen LogP contribution in [0.4, 0.5) is 0 Å². The van der Waals surface area contributed by atoms with Crippen LogP contribution in [-0.4, -0.2) is 31.6 Å². The van der Waals surface area contributed by atoms with Gasteiger partial charge in [0.25, 0.3) is 0 Å². The molecule has 1 aromatic carbocycles. The van der Waals surface area contributed by atoms with Crippen molar-refractivity contribution in [2.24, 2.45) is 5.92 Å². The van der Waals surface area contributed by atoms with Crippen molar-refractivity contribution in [3.63, 3.8) is 0 Å². The van der Waals surface area contributed by atoms with Crippen molar-refractivity contribution in [1.82, 2.24) is 10.2 Å². The lowest BCUT2D eigenvalue weighted by molar-refractivity contribution is 0.198. The minimum absolute atomic E-state index is 0.368. The van der Waals surface area contributed by atoms with E-state index in [0.29, 0.717) is 18.0 Å². The Morgan fingerprint density at radius 1 is 1.19 bits per heavy atom. The molecule has 0 bridgehead atoms. The van der Waals surface area contributed by atoms with Gasteiger partial charge in [-0.25, -0.2) is 0 Å². The highest BCUT2D eigenvalue weighted by molar-refractivity contribution is 5.38. The number of benzene rings is 1. The van der Waals surface area contributed by atoms with E-state index in [1.54, 1.807) is 7.11 Å². The van der Waals surface area contributed by atoms with Crippen LogP contribution in [0.2, 0.25) is 0 Å². The molecule has 0 radical (unpaired) electrons. The molecule has 0 saturated carbocycles. The monoisotopic (exact) mass is 292 g/mol. The third-order valence-corrected chi connectivity index (χ3v) is 4.39. The second-order valence-electron chi connectivity index (χ2n) is 6.25. The predicted molar refractivity (Wildman–Crippen MR) is 90.9 cm³/mol. The SMILES string of the molecule is CCNC(C)c1ccc(OC)c(CN(C)C(C)C(C)C)c1. The van der Waals surface area contributed by atoms with Crippen molar-refractivity contribution in [3.8, 4) is 5.75 Å². The molecule has 120 valence electrons. The molecule has 0 aliphatic rings. The average Bonchev–Trinajstić information content (AvgIpc) is 2.46. The van der Waals surface area contributed by atoms with E-state index in [4.69, 9.17) is 4.74 Å². The molecule has 21 heavy (non-hydrogen) atoms. The number of hydrogen-bond donors (Lipinski definition) is 1. The Kier molecular flexibility index (Phi) is 7.20. The van der Waals surface area contributed by atoms with Crippen molar-refractivity contribution < 1.29 is 4.74 Å². The minimum Gasteiger partial charge on any atom is -0.496 e. The molecule has 0 aliphatic heterocycles. The summed E-state index contributed by atoms with van der Waals surface area (Å²) in [5.41, 5.74) is 2.58. The number of rotatable bonds is 8.